The molecule has 1 atom stereocenters. The van der Waals surface area contributed by atoms with Gasteiger partial charge in [-0.25, -0.2) is 4.68 Å². The molecule has 0 aliphatic carbocycles. The van der Waals surface area contributed by atoms with Crippen molar-refractivity contribution in [2.45, 2.75) is 20.1 Å². The molecular formula is C7H10N2O2. The van der Waals surface area contributed by atoms with Crippen LogP contribution in [-0.4, -0.2) is 20.7 Å². The Balaban J connectivity index is 2.84. The van der Waals surface area contributed by atoms with Crippen LogP contribution in [0.15, 0.2) is 12.3 Å². The van der Waals surface area contributed by atoms with Crippen LogP contribution in [0, 0.1) is 6.92 Å². The summed E-state index contributed by atoms with van der Waals surface area (Å²) in [6.45, 7) is 3.12. The van der Waals surface area contributed by atoms with E-state index in [9.17, 15) is 4.79 Å². The van der Waals surface area contributed by atoms with Gasteiger partial charge in [0.05, 0.1) is 5.69 Å². The SMILES string of the molecule is CC(=O)C(O)n1ccc(C)n1. The number of hydrogen-bond donors (Lipinski definition) is 1. The number of Topliss-reactive ketones (excluding diaryl/α,β-unsaturated/α-hetero) is 1. The summed E-state index contributed by atoms with van der Waals surface area (Å²) in [7, 11) is 0. The average Bonchev–Trinajstić information content (AvgIpc) is 2.34. The van der Waals surface area contributed by atoms with Gasteiger partial charge in [-0.15, -0.1) is 0 Å². The number of hydrogen-bond acceptors (Lipinski definition) is 3. The van der Waals surface area contributed by atoms with Crippen LogP contribution in [0.25, 0.3) is 0 Å². The van der Waals surface area contributed by atoms with Crippen molar-refractivity contribution in [2.75, 3.05) is 0 Å². The molecule has 0 spiro atoms. The Bertz CT molecular complexity index is 267. The third-order valence-corrected chi connectivity index (χ3v) is 1.36. The highest BCUT2D eigenvalue weighted by Crippen LogP contribution is 2.02. The fourth-order valence-corrected chi connectivity index (χ4v) is 0.756. The van der Waals surface area contributed by atoms with E-state index in [1.807, 2.05) is 0 Å². The first-order valence-electron chi connectivity index (χ1n) is 3.31. The van der Waals surface area contributed by atoms with Crippen LogP contribution in [0.4, 0.5) is 0 Å². The molecule has 11 heavy (non-hydrogen) atoms. The van der Waals surface area contributed by atoms with Crippen molar-refractivity contribution < 1.29 is 9.90 Å². The van der Waals surface area contributed by atoms with Gasteiger partial charge in [0.2, 0.25) is 6.23 Å². The standard InChI is InChI=1S/C7H10N2O2/c1-5-3-4-9(8-5)7(11)6(2)10/h3-4,7,11H,1-2H3. The quantitative estimate of drug-likeness (QED) is 0.665. The lowest BCUT2D eigenvalue weighted by Gasteiger charge is -2.05. The molecule has 0 fully saturated rings. The Morgan fingerprint density at radius 1 is 1.82 bits per heavy atom. The second kappa shape index (κ2) is 2.84. The molecule has 0 aliphatic heterocycles. The second-order valence-electron chi connectivity index (χ2n) is 2.42. The summed E-state index contributed by atoms with van der Waals surface area (Å²) in [5.74, 6) is -0.312. The fourth-order valence-electron chi connectivity index (χ4n) is 0.756. The minimum Gasteiger partial charge on any atom is -0.366 e. The Morgan fingerprint density at radius 2 is 2.45 bits per heavy atom. The number of aliphatic hydroxyl groups is 1. The third kappa shape index (κ3) is 1.65. The van der Waals surface area contributed by atoms with E-state index < -0.39 is 6.23 Å². The van der Waals surface area contributed by atoms with Crippen molar-refractivity contribution in [1.29, 1.82) is 0 Å². The van der Waals surface area contributed by atoms with Gasteiger partial charge in [-0.2, -0.15) is 5.10 Å². The Kier molecular flexibility index (Phi) is 2.05. The van der Waals surface area contributed by atoms with E-state index >= 15 is 0 Å². The normalized spacial score (nSPS) is 13.0. The first kappa shape index (κ1) is 7.94. The van der Waals surface area contributed by atoms with Gasteiger partial charge in [-0.3, -0.25) is 4.79 Å². The summed E-state index contributed by atoms with van der Waals surface area (Å²) in [6, 6.07) is 1.73. The van der Waals surface area contributed by atoms with Gasteiger partial charge in [0.15, 0.2) is 5.78 Å². The molecule has 1 unspecified atom stereocenters. The van der Waals surface area contributed by atoms with E-state index in [1.165, 1.54) is 11.6 Å². The molecule has 0 aromatic carbocycles. The van der Waals surface area contributed by atoms with Gasteiger partial charge >= 0.3 is 0 Å². The molecule has 4 nitrogen and oxygen atoms in total. The van der Waals surface area contributed by atoms with Gasteiger partial charge in [-0.05, 0) is 19.9 Å². The van der Waals surface area contributed by atoms with Crippen LogP contribution >= 0.6 is 0 Å². The Labute approximate surface area is 64.5 Å². The largest absolute Gasteiger partial charge is 0.366 e. The zero-order valence-corrected chi connectivity index (χ0v) is 6.48. The molecule has 1 aromatic heterocycles. The maximum absolute atomic E-state index is 10.6. The van der Waals surface area contributed by atoms with Crippen LogP contribution in [-0.2, 0) is 4.79 Å². The first-order valence-corrected chi connectivity index (χ1v) is 3.31. The summed E-state index contributed by atoms with van der Waals surface area (Å²) >= 11 is 0. The maximum Gasteiger partial charge on any atom is 0.206 e. The molecule has 1 heterocycles. The summed E-state index contributed by atoms with van der Waals surface area (Å²) in [4.78, 5) is 10.6. The van der Waals surface area contributed by atoms with Crippen molar-refractivity contribution in [3.05, 3.63) is 18.0 Å². The Hall–Kier alpha value is -1.16. The van der Waals surface area contributed by atoms with Crippen molar-refractivity contribution in [1.82, 2.24) is 9.78 Å². The molecule has 60 valence electrons. The molecule has 4 heteroatoms. The molecule has 0 bridgehead atoms. The van der Waals surface area contributed by atoms with Gasteiger partial charge < -0.3 is 5.11 Å². The van der Waals surface area contributed by atoms with E-state index in [1.54, 1.807) is 19.2 Å². The van der Waals surface area contributed by atoms with Crippen molar-refractivity contribution >= 4 is 5.78 Å². The van der Waals surface area contributed by atoms with Gasteiger partial charge in [0.25, 0.3) is 0 Å². The molecular weight excluding hydrogens is 144 g/mol. The topological polar surface area (TPSA) is 55.1 Å². The highest BCUT2D eigenvalue weighted by atomic mass is 16.3. The highest BCUT2D eigenvalue weighted by Gasteiger charge is 2.11. The zero-order chi connectivity index (χ0) is 8.43. The molecule has 0 aliphatic rings. The van der Waals surface area contributed by atoms with Gasteiger partial charge in [0.1, 0.15) is 0 Å². The predicted octanol–water partition coefficient (Wildman–Crippen LogP) is 0.271. The van der Waals surface area contributed by atoms with Crippen LogP contribution in [0.1, 0.15) is 18.8 Å². The predicted molar refractivity (Wildman–Crippen MR) is 38.9 cm³/mol. The summed E-state index contributed by atoms with van der Waals surface area (Å²) in [6.07, 6.45) is 0.435. The minimum absolute atomic E-state index is 0.312. The van der Waals surface area contributed by atoms with Crippen molar-refractivity contribution in [2.24, 2.45) is 0 Å². The minimum atomic E-state index is -1.14. The fraction of sp³-hybridized carbons (Fsp3) is 0.429. The van der Waals surface area contributed by atoms with E-state index in [4.69, 9.17) is 5.11 Å². The van der Waals surface area contributed by atoms with E-state index in [0.29, 0.717) is 0 Å². The molecule has 0 saturated carbocycles. The summed E-state index contributed by atoms with van der Waals surface area (Å²) in [5, 5.41) is 13.0. The number of aliphatic hydroxyl groups excluding tert-OH is 1. The Morgan fingerprint density at radius 3 is 2.82 bits per heavy atom. The molecule has 0 amide bonds. The molecule has 1 N–H and O–H groups in total. The lowest BCUT2D eigenvalue weighted by molar-refractivity contribution is -0.129. The number of aryl methyl sites for hydroxylation is 1. The highest BCUT2D eigenvalue weighted by molar-refractivity contribution is 5.78. The number of ketones is 1. The van der Waals surface area contributed by atoms with E-state index in [-0.39, 0.29) is 5.78 Å². The number of nitrogens with zero attached hydrogens (tertiary/aromatic N) is 2. The monoisotopic (exact) mass is 154 g/mol. The number of aromatic nitrogens is 2. The molecule has 0 saturated heterocycles. The average molecular weight is 154 g/mol. The lowest BCUT2D eigenvalue weighted by atomic mass is 10.4. The number of carbonyl (C=O) groups is 1. The maximum atomic E-state index is 10.6. The summed E-state index contributed by atoms with van der Waals surface area (Å²) in [5.41, 5.74) is 0.783. The van der Waals surface area contributed by atoms with Crippen LogP contribution < -0.4 is 0 Å². The van der Waals surface area contributed by atoms with Crippen molar-refractivity contribution in [3.63, 3.8) is 0 Å². The first-order chi connectivity index (χ1) is 5.11. The number of carbonyl (C=O) groups excluding carboxylic acids is 1. The zero-order valence-electron chi connectivity index (χ0n) is 6.48. The smallest absolute Gasteiger partial charge is 0.206 e. The third-order valence-electron chi connectivity index (χ3n) is 1.36. The van der Waals surface area contributed by atoms with Gasteiger partial charge in [0, 0.05) is 6.20 Å². The van der Waals surface area contributed by atoms with E-state index in [2.05, 4.69) is 5.10 Å². The lowest BCUT2D eigenvalue weighted by Crippen LogP contribution is -2.16. The van der Waals surface area contributed by atoms with E-state index in [0.717, 1.165) is 5.69 Å². The second-order valence-corrected chi connectivity index (χ2v) is 2.42. The van der Waals surface area contributed by atoms with Gasteiger partial charge in [-0.1, -0.05) is 0 Å². The molecule has 1 rings (SSSR count). The molecule has 0 radical (unpaired) electrons. The summed E-state index contributed by atoms with van der Waals surface area (Å²) < 4.78 is 1.23. The van der Waals surface area contributed by atoms with Crippen molar-refractivity contribution in [3.8, 4) is 0 Å². The van der Waals surface area contributed by atoms with Crippen LogP contribution in [0.3, 0.4) is 0 Å². The molecule has 1 aromatic rings. The van der Waals surface area contributed by atoms with Crippen LogP contribution in [0.2, 0.25) is 0 Å². The van der Waals surface area contributed by atoms with Crippen LogP contribution in [0.5, 0.6) is 0 Å². The number of rotatable bonds is 2.